The lowest BCUT2D eigenvalue weighted by atomic mass is 10.1. The number of hydrogen-bond acceptors (Lipinski definition) is 6. The van der Waals surface area contributed by atoms with Gasteiger partial charge in [-0.1, -0.05) is 23.2 Å². The highest BCUT2D eigenvalue weighted by Gasteiger charge is 2.29. The summed E-state index contributed by atoms with van der Waals surface area (Å²) in [6.45, 7) is 3.38. The van der Waals surface area contributed by atoms with Crippen molar-refractivity contribution in [3.8, 4) is 5.75 Å². The minimum atomic E-state index is -0.586. The Labute approximate surface area is 206 Å². The normalized spacial score (nSPS) is 13.5. The van der Waals surface area contributed by atoms with Gasteiger partial charge in [-0.25, -0.2) is 4.79 Å². The van der Waals surface area contributed by atoms with Crippen LogP contribution in [0.15, 0.2) is 18.2 Å². The van der Waals surface area contributed by atoms with E-state index < -0.39 is 5.97 Å². The number of halogens is 2. The average molecular weight is 513 g/mol. The Balaban J connectivity index is 1.64. The van der Waals surface area contributed by atoms with E-state index in [9.17, 15) is 14.4 Å². The van der Waals surface area contributed by atoms with Crippen molar-refractivity contribution >= 4 is 57.3 Å². The molecule has 1 fully saturated rings. The quantitative estimate of drug-likeness (QED) is 0.368. The van der Waals surface area contributed by atoms with Gasteiger partial charge >= 0.3 is 5.97 Å². The standard InChI is InChI=1S/C23H26Cl2N2O5S/c1-14-19(23(30)31-2)21(33-20(14)22(29)27-10-4-3-5-11-27)26-18(28)7-6-12-32-17-9-8-15(24)13-16(17)25/h8-9,13H,3-7,10-12H2,1-2H3,(H,26,28). The number of nitrogens with zero attached hydrogens (tertiary/aromatic N) is 1. The fourth-order valence-electron chi connectivity index (χ4n) is 3.59. The molecule has 2 heterocycles. The van der Waals surface area contributed by atoms with Gasteiger partial charge < -0.3 is 19.7 Å². The van der Waals surface area contributed by atoms with Gasteiger partial charge in [-0.05, 0) is 56.4 Å². The third kappa shape index (κ3) is 6.40. The van der Waals surface area contributed by atoms with E-state index in [2.05, 4.69) is 5.32 Å². The molecule has 0 bridgehead atoms. The maximum absolute atomic E-state index is 13.0. The van der Waals surface area contributed by atoms with Gasteiger partial charge in [0.1, 0.15) is 10.8 Å². The van der Waals surface area contributed by atoms with Crippen molar-refractivity contribution in [3.63, 3.8) is 0 Å². The highest BCUT2D eigenvalue weighted by molar-refractivity contribution is 7.18. The molecule has 0 saturated carbocycles. The SMILES string of the molecule is COC(=O)c1c(NC(=O)CCCOc2ccc(Cl)cc2Cl)sc(C(=O)N2CCCCC2)c1C. The Bertz CT molecular complexity index is 1030. The van der Waals surface area contributed by atoms with Crippen LogP contribution in [-0.2, 0) is 9.53 Å². The van der Waals surface area contributed by atoms with Crippen molar-refractivity contribution in [2.75, 3.05) is 32.1 Å². The van der Waals surface area contributed by atoms with Crippen LogP contribution < -0.4 is 10.1 Å². The second kappa shape index (κ2) is 11.7. The maximum Gasteiger partial charge on any atom is 0.341 e. The molecule has 0 spiro atoms. The summed E-state index contributed by atoms with van der Waals surface area (Å²) in [6.07, 6.45) is 3.64. The highest BCUT2D eigenvalue weighted by atomic mass is 35.5. The zero-order chi connectivity index (χ0) is 24.0. The van der Waals surface area contributed by atoms with Crippen molar-refractivity contribution in [2.45, 2.75) is 39.0 Å². The van der Waals surface area contributed by atoms with Crippen LogP contribution in [0.4, 0.5) is 5.00 Å². The summed E-state index contributed by atoms with van der Waals surface area (Å²) in [7, 11) is 1.27. The first-order chi connectivity index (χ1) is 15.8. The minimum absolute atomic E-state index is 0.115. The summed E-state index contributed by atoms with van der Waals surface area (Å²) in [5.74, 6) is -0.498. The number of likely N-dealkylation sites (tertiary alicyclic amines) is 1. The molecule has 1 aromatic heterocycles. The van der Waals surface area contributed by atoms with Crippen molar-refractivity contribution in [1.29, 1.82) is 0 Å². The van der Waals surface area contributed by atoms with Crippen LogP contribution in [0.5, 0.6) is 5.75 Å². The number of ether oxygens (including phenoxy) is 2. The smallest absolute Gasteiger partial charge is 0.341 e. The molecule has 2 aromatic rings. The maximum atomic E-state index is 13.0. The van der Waals surface area contributed by atoms with Gasteiger partial charge in [0.15, 0.2) is 0 Å². The van der Waals surface area contributed by atoms with Crippen LogP contribution >= 0.6 is 34.5 Å². The summed E-state index contributed by atoms with van der Waals surface area (Å²) in [4.78, 5) is 40.2. The molecule has 10 heteroatoms. The van der Waals surface area contributed by atoms with E-state index in [1.54, 1.807) is 30.0 Å². The molecular formula is C23H26Cl2N2O5S. The van der Waals surface area contributed by atoms with Crippen LogP contribution in [0.1, 0.15) is 57.7 Å². The van der Waals surface area contributed by atoms with Crippen molar-refractivity contribution in [2.24, 2.45) is 0 Å². The second-order valence-corrected chi connectivity index (χ2v) is 9.54. The summed E-state index contributed by atoms with van der Waals surface area (Å²) in [6, 6.07) is 4.93. The zero-order valence-corrected chi connectivity index (χ0v) is 20.9. The number of anilines is 1. The van der Waals surface area contributed by atoms with Crippen LogP contribution in [0.25, 0.3) is 0 Å². The molecule has 7 nitrogen and oxygen atoms in total. The Morgan fingerprint density at radius 3 is 2.55 bits per heavy atom. The average Bonchev–Trinajstić information content (AvgIpc) is 3.12. The number of amides is 2. The highest BCUT2D eigenvalue weighted by Crippen LogP contribution is 2.35. The van der Waals surface area contributed by atoms with Gasteiger partial charge in [-0.3, -0.25) is 9.59 Å². The van der Waals surface area contributed by atoms with E-state index in [4.69, 9.17) is 32.7 Å². The lowest BCUT2D eigenvalue weighted by Gasteiger charge is -2.26. The van der Waals surface area contributed by atoms with Gasteiger partial charge in [-0.15, -0.1) is 11.3 Å². The summed E-state index contributed by atoms with van der Waals surface area (Å²) >= 11 is 13.1. The molecule has 0 aliphatic carbocycles. The van der Waals surface area contributed by atoms with Crippen LogP contribution in [0, 0.1) is 6.92 Å². The van der Waals surface area contributed by atoms with E-state index in [0.717, 1.165) is 30.6 Å². The monoisotopic (exact) mass is 512 g/mol. The minimum Gasteiger partial charge on any atom is -0.492 e. The third-order valence-corrected chi connectivity index (χ3v) is 7.05. The summed E-state index contributed by atoms with van der Waals surface area (Å²) in [5.41, 5.74) is 0.749. The number of hydrogen-bond donors (Lipinski definition) is 1. The fraction of sp³-hybridized carbons (Fsp3) is 0.435. The van der Waals surface area contributed by atoms with E-state index in [-0.39, 0.29) is 30.4 Å². The predicted octanol–water partition coefficient (Wildman–Crippen LogP) is 5.57. The Morgan fingerprint density at radius 1 is 1.15 bits per heavy atom. The molecule has 0 unspecified atom stereocenters. The molecule has 1 aliphatic rings. The molecule has 1 N–H and O–H groups in total. The van der Waals surface area contributed by atoms with Crippen LogP contribution in [0.3, 0.4) is 0 Å². The lowest BCUT2D eigenvalue weighted by Crippen LogP contribution is -2.35. The number of carbonyl (C=O) groups excluding carboxylic acids is 3. The number of esters is 1. The molecule has 33 heavy (non-hydrogen) atoms. The lowest BCUT2D eigenvalue weighted by molar-refractivity contribution is -0.116. The number of piperidine rings is 1. The first kappa shape index (κ1) is 25.3. The molecule has 178 valence electrons. The van der Waals surface area contributed by atoms with E-state index in [1.807, 2.05) is 0 Å². The first-order valence-electron chi connectivity index (χ1n) is 10.7. The Hall–Kier alpha value is -2.29. The molecule has 1 aromatic carbocycles. The van der Waals surface area contributed by atoms with Crippen molar-refractivity contribution in [3.05, 3.63) is 44.2 Å². The predicted molar refractivity (Wildman–Crippen MR) is 130 cm³/mol. The topological polar surface area (TPSA) is 84.9 Å². The van der Waals surface area contributed by atoms with Gasteiger partial charge in [-0.2, -0.15) is 0 Å². The Kier molecular flexibility index (Phi) is 9.00. The van der Waals surface area contributed by atoms with E-state index >= 15 is 0 Å². The van der Waals surface area contributed by atoms with Crippen LogP contribution in [0.2, 0.25) is 10.0 Å². The van der Waals surface area contributed by atoms with Gasteiger partial charge in [0.25, 0.3) is 5.91 Å². The molecule has 1 saturated heterocycles. The number of benzene rings is 1. The molecule has 1 aliphatic heterocycles. The Morgan fingerprint density at radius 2 is 1.88 bits per heavy atom. The van der Waals surface area contributed by atoms with Gasteiger partial charge in [0.2, 0.25) is 5.91 Å². The number of thiophene rings is 1. The van der Waals surface area contributed by atoms with Crippen molar-refractivity contribution in [1.82, 2.24) is 4.90 Å². The molecule has 2 amide bonds. The molecular weight excluding hydrogens is 487 g/mol. The third-order valence-electron chi connectivity index (χ3n) is 5.33. The van der Waals surface area contributed by atoms with Crippen LogP contribution in [-0.4, -0.2) is 49.5 Å². The molecule has 0 radical (unpaired) electrons. The number of rotatable bonds is 8. The largest absolute Gasteiger partial charge is 0.492 e. The number of methoxy groups -OCH3 is 1. The molecule has 0 atom stereocenters. The number of carbonyl (C=O) groups is 3. The second-order valence-electron chi connectivity index (χ2n) is 7.68. The first-order valence-corrected chi connectivity index (χ1v) is 12.3. The number of nitrogens with one attached hydrogen (secondary N) is 1. The summed E-state index contributed by atoms with van der Waals surface area (Å²) < 4.78 is 10.5. The van der Waals surface area contributed by atoms with E-state index in [1.165, 1.54) is 7.11 Å². The fourth-order valence-corrected chi connectivity index (χ4v) is 5.23. The zero-order valence-electron chi connectivity index (χ0n) is 18.5. The van der Waals surface area contributed by atoms with Gasteiger partial charge in [0, 0.05) is 24.5 Å². The van der Waals surface area contributed by atoms with Gasteiger partial charge in [0.05, 0.1) is 29.2 Å². The summed E-state index contributed by atoms with van der Waals surface area (Å²) in [5, 5.41) is 4.01. The molecule has 3 rings (SSSR count). The van der Waals surface area contributed by atoms with E-state index in [0.29, 0.717) is 50.7 Å². The van der Waals surface area contributed by atoms with Crippen molar-refractivity contribution < 1.29 is 23.9 Å².